The SMILES string of the molecule is COc1cccc(C2=NO[C@H]3C(=O)N(c4ccc([N+](=O)[O-])cc4C)C(=O)[C@@H]23)c1OC. The molecule has 10 nitrogen and oxygen atoms in total. The number of benzene rings is 2. The fraction of sp³-hybridized carbons (Fsp3) is 0.250. The van der Waals surface area contributed by atoms with Crippen LogP contribution in [0.15, 0.2) is 41.6 Å². The van der Waals surface area contributed by atoms with E-state index in [1.54, 1.807) is 25.1 Å². The number of methoxy groups -OCH3 is 2. The fourth-order valence-corrected chi connectivity index (χ4v) is 3.73. The second-order valence-electron chi connectivity index (χ2n) is 6.76. The van der Waals surface area contributed by atoms with Crippen LogP contribution in [0.3, 0.4) is 0 Å². The van der Waals surface area contributed by atoms with E-state index in [0.717, 1.165) is 4.90 Å². The Morgan fingerprint density at radius 3 is 2.53 bits per heavy atom. The number of amides is 2. The molecule has 0 aliphatic carbocycles. The molecule has 154 valence electrons. The molecule has 0 saturated carbocycles. The quantitative estimate of drug-likeness (QED) is 0.420. The minimum absolute atomic E-state index is 0.129. The number of para-hydroxylation sites is 1. The Hall–Kier alpha value is -3.95. The summed E-state index contributed by atoms with van der Waals surface area (Å²) in [6, 6.07) is 9.05. The van der Waals surface area contributed by atoms with Crippen molar-refractivity contribution in [2.75, 3.05) is 19.1 Å². The van der Waals surface area contributed by atoms with E-state index in [1.165, 1.54) is 32.4 Å². The van der Waals surface area contributed by atoms with Crippen LogP contribution >= 0.6 is 0 Å². The predicted octanol–water partition coefficient (Wildman–Crippen LogP) is 2.21. The zero-order valence-corrected chi connectivity index (χ0v) is 16.3. The molecule has 1 fully saturated rings. The lowest BCUT2D eigenvalue weighted by atomic mass is 9.93. The maximum Gasteiger partial charge on any atom is 0.278 e. The number of imide groups is 1. The molecule has 10 heteroatoms. The van der Waals surface area contributed by atoms with Crippen LogP contribution in [0.2, 0.25) is 0 Å². The van der Waals surface area contributed by atoms with Crippen molar-refractivity contribution in [3.63, 3.8) is 0 Å². The van der Waals surface area contributed by atoms with E-state index < -0.39 is 28.8 Å². The van der Waals surface area contributed by atoms with Gasteiger partial charge in [0.05, 0.1) is 24.8 Å². The van der Waals surface area contributed by atoms with E-state index in [4.69, 9.17) is 14.3 Å². The number of aryl methyl sites for hydroxylation is 1. The molecule has 30 heavy (non-hydrogen) atoms. The third kappa shape index (κ3) is 2.76. The van der Waals surface area contributed by atoms with Gasteiger partial charge in [-0.15, -0.1) is 0 Å². The van der Waals surface area contributed by atoms with Crippen molar-refractivity contribution in [1.82, 2.24) is 0 Å². The molecule has 0 spiro atoms. The van der Waals surface area contributed by atoms with Crippen LogP contribution < -0.4 is 14.4 Å². The second-order valence-corrected chi connectivity index (χ2v) is 6.76. The summed E-state index contributed by atoms with van der Waals surface area (Å²) in [5.74, 6) is -1.26. The molecule has 1 saturated heterocycles. The number of fused-ring (bicyclic) bond motifs is 1. The Kier molecular flexibility index (Phi) is 4.61. The number of oxime groups is 1. The van der Waals surface area contributed by atoms with Crippen molar-refractivity contribution in [3.05, 3.63) is 57.6 Å². The van der Waals surface area contributed by atoms with E-state index in [0.29, 0.717) is 22.6 Å². The van der Waals surface area contributed by atoms with Gasteiger partial charge < -0.3 is 14.3 Å². The molecule has 2 atom stereocenters. The van der Waals surface area contributed by atoms with E-state index in [9.17, 15) is 19.7 Å². The van der Waals surface area contributed by atoms with Crippen molar-refractivity contribution < 1.29 is 28.8 Å². The van der Waals surface area contributed by atoms with Crippen molar-refractivity contribution in [2.45, 2.75) is 13.0 Å². The fourth-order valence-electron chi connectivity index (χ4n) is 3.73. The van der Waals surface area contributed by atoms with Crippen molar-refractivity contribution in [3.8, 4) is 11.5 Å². The van der Waals surface area contributed by atoms with Crippen LogP contribution in [0.1, 0.15) is 11.1 Å². The highest BCUT2D eigenvalue weighted by Gasteiger charge is 2.56. The third-order valence-corrected chi connectivity index (χ3v) is 5.12. The van der Waals surface area contributed by atoms with E-state index in [-0.39, 0.29) is 17.1 Å². The summed E-state index contributed by atoms with van der Waals surface area (Å²) in [7, 11) is 2.95. The largest absolute Gasteiger partial charge is 0.493 e. The summed E-state index contributed by atoms with van der Waals surface area (Å²) in [4.78, 5) is 43.0. The van der Waals surface area contributed by atoms with Gasteiger partial charge in [-0.2, -0.15) is 0 Å². The lowest BCUT2D eigenvalue weighted by Gasteiger charge is -2.18. The van der Waals surface area contributed by atoms with Crippen LogP contribution in [0.25, 0.3) is 0 Å². The maximum absolute atomic E-state index is 13.2. The summed E-state index contributed by atoms with van der Waals surface area (Å²) in [6.45, 7) is 1.60. The number of nitro benzene ring substituents is 1. The van der Waals surface area contributed by atoms with Gasteiger partial charge in [-0.05, 0) is 30.7 Å². The molecular formula is C20H17N3O7. The summed E-state index contributed by atoms with van der Waals surface area (Å²) in [5.41, 5.74) is 1.30. The number of hydrogen-bond acceptors (Lipinski definition) is 8. The number of non-ortho nitro benzene ring substituents is 1. The topological polar surface area (TPSA) is 121 Å². The van der Waals surface area contributed by atoms with Crippen LogP contribution in [-0.2, 0) is 14.4 Å². The number of anilines is 1. The molecule has 0 N–H and O–H groups in total. The normalized spacial score (nSPS) is 20.0. The number of hydrogen-bond donors (Lipinski definition) is 0. The van der Waals surface area contributed by atoms with E-state index in [1.807, 2.05) is 0 Å². The first-order valence-electron chi connectivity index (χ1n) is 8.97. The molecule has 2 heterocycles. The summed E-state index contributed by atoms with van der Waals surface area (Å²) >= 11 is 0. The maximum atomic E-state index is 13.2. The molecule has 0 radical (unpaired) electrons. The van der Waals surface area contributed by atoms with Gasteiger partial charge in [-0.3, -0.25) is 19.7 Å². The first kappa shape index (κ1) is 19.4. The number of nitrogens with zero attached hydrogens (tertiary/aromatic N) is 3. The molecule has 0 bridgehead atoms. The van der Waals surface area contributed by atoms with Crippen molar-refractivity contribution in [1.29, 1.82) is 0 Å². The second kappa shape index (κ2) is 7.14. The molecule has 4 rings (SSSR count). The van der Waals surface area contributed by atoms with Gasteiger partial charge in [0.1, 0.15) is 11.6 Å². The number of carbonyl (C=O) groups is 2. The van der Waals surface area contributed by atoms with E-state index in [2.05, 4.69) is 5.16 Å². The minimum Gasteiger partial charge on any atom is -0.493 e. The van der Waals surface area contributed by atoms with E-state index >= 15 is 0 Å². The van der Waals surface area contributed by atoms with Gasteiger partial charge in [-0.1, -0.05) is 11.2 Å². The zero-order valence-electron chi connectivity index (χ0n) is 16.3. The van der Waals surface area contributed by atoms with Crippen LogP contribution in [0.4, 0.5) is 11.4 Å². The van der Waals surface area contributed by atoms with Gasteiger partial charge in [-0.25, -0.2) is 4.90 Å². The predicted molar refractivity (Wildman–Crippen MR) is 105 cm³/mol. The smallest absolute Gasteiger partial charge is 0.278 e. The lowest BCUT2D eigenvalue weighted by molar-refractivity contribution is -0.384. The summed E-state index contributed by atoms with van der Waals surface area (Å²) < 4.78 is 10.7. The molecule has 2 aliphatic rings. The van der Waals surface area contributed by atoms with Crippen molar-refractivity contribution >= 4 is 28.9 Å². The Morgan fingerprint density at radius 1 is 1.13 bits per heavy atom. The van der Waals surface area contributed by atoms with Gasteiger partial charge in [0.25, 0.3) is 11.6 Å². The lowest BCUT2D eigenvalue weighted by Crippen LogP contribution is -2.33. The average molecular weight is 411 g/mol. The Labute approximate surface area is 170 Å². The number of ether oxygens (including phenoxy) is 2. The highest BCUT2D eigenvalue weighted by molar-refractivity contribution is 6.33. The minimum atomic E-state index is -1.11. The molecule has 0 unspecified atom stereocenters. The Balaban J connectivity index is 1.74. The highest BCUT2D eigenvalue weighted by atomic mass is 16.7. The molecule has 2 aromatic carbocycles. The van der Waals surface area contributed by atoms with Crippen LogP contribution in [0.5, 0.6) is 11.5 Å². The average Bonchev–Trinajstić information content (AvgIpc) is 3.27. The number of carbonyl (C=O) groups excluding carboxylic acids is 2. The molecular weight excluding hydrogens is 394 g/mol. The van der Waals surface area contributed by atoms with Gasteiger partial charge in [0.15, 0.2) is 11.5 Å². The molecule has 2 aliphatic heterocycles. The molecule has 2 amide bonds. The first-order valence-corrected chi connectivity index (χ1v) is 8.97. The molecule has 2 aromatic rings. The summed E-state index contributed by atoms with van der Waals surface area (Å²) in [5, 5.41) is 15.0. The van der Waals surface area contributed by atoms with Crippen LogP contribution in [-0.4, -0.2) is 42.8 Å². The van der Waals surface area contributed by atoms with Crippen molar-refractivity contribution in [2.24, 2.45) is 11.1 Å². The standard InChI is InChI=1S/C20H17N3O7/c1-10-9-11(23(26)27)7-8-13(10)22-19(24)15-16(21-30-18(15)20(22)25)12-5-4-6-14(28-2)17(12)29-3/h4-9,15,18H,1-3H3/t15-,18+/m0/s1. The number of rotatable bonds is 5. The van der Waals surface area contributed by atoms with Crippen LogP contribution in [0, 0.1) is 23.0 Å². The highest BCUT2D eigenvalue weighted by Crippen LogP contribution is 2.40. The Morgan fingerprint density at radius 2 is 1.90 bits per heavy atom. The number of nitro groups is 1. The first-order chi connectivity index (χ1) is 14.4. The Bertz CT molecular complexity index is 1110. The zero-order chi connectivity index (χ0) is 21.6. The third-order valence-electron chi connectivity index (χ3n) is 5.12. The van der Waals surface area contributed by atoms with Gasteiger partial charge in [0, 0.05) is 17.7 Å². The van der Waals surface area contributed by atoms with Gasteiger partial charge in [0.2, 0.25) is 12.0 Å². The molecule has 0 aromatic heterocycles. The summed E-state index contributed by atoms with van der Waals surface area (Å²) in [6.07, 6.45) is -1.11. The monoisotopic (exact) mass is 411 g/mol. The van der Waals surface area contributed by atoms with Gasteiger partial charge >= 0.3 is 0 Å².